The van der Waals surface area contributed by atoms with Gasteiger partial charge in [-0.2, -0.15) is 0 Å². The molecular formula is C9H13NO2. The summed E-state index contributed by atoms with van der Waals surface area (Å²) in [6, 6.07) is 3.61. The Morgan fingerprint density at radius 2 is 2.42 bits per heavy atom. The van der Waals surface area contributed by atoms with Crippen molar-refractivity contribution in [1.29, 1.82) is 0 Å². The van der Waals surface area contributed by atoms with Crippen molar-refractivity contribution in [3.05, 3.63) is 24.0 Å². The van der Waals surface area contributed by atoms with Crippen LogP contribution in [0.4, 0.5) is 0 Å². The standard InChI is InChI=1S/C9H13NO2/c1-2-6-12-9-4-3-5-10-8(9)7-11/h3-5,11H,2,6-7H2,1H3. The van der Waals surface area contributed by atoms with Crippen molar-refractivity contribution < 1.29 is 9.84 Å². The predicted octanol–water partition coefficient (Wildman–Crippen LogP) is 1.36. The van der Waals surface area contributed by atoms with E-state index in [-0.39, 0.29) is 6.61 Å². The van der Waals surface area contributed by atoms with Crippen molar-refractivity contribution in [2.45, 2.75) is 20.0 Å². The Labute approximate surface area is 72.0 Å². The Morgan fingerprint density at radius 3 is 3.08 bits per heavy atom. The van der Waals surface area contributed by atoms with Gasteiger partial charge in [0.05, 0.1) is 13.2 Å². The maximum atomic E-state index is 8.88. The van der Waals surface area contributed by atoms with Gasteiger partial charge in [0, 0.05) is 6.20 Å². The highest BCUT2D eigenvalue weighted by molar-refractivity contribution is 5.25. The molecule has 0 aliphatic carbocycles. The lowest BCUT2D eigenvalue weighted by Gasteiger charge is -2.06. The Hall–Kier alpha value is -1.09. The molecule has 0 atom stereocenters. The number of aliphatic hydroxyl groups is 1. The van der Waals surface area contributed by atoms with E-state index in [2.05, 4.69) is 4.98 Å². The van der Waals surface area contributed by atoms with Crippen LogP contribution in [0.1, 0.15) is 19.0 Å². The van der Waals surface area contributed by atoms with Crippen molar-refractivity contribution in [2.24, 2.45) is 0 Å². The van der Waals surface area contributed by atoms with Crippen LogP contribution < -0.4 is 4.74 Å². The number of aromatic nitrogens is 1. The van der Waals surface area contributed by atoms with Gasteiger partial charge in [0.15, 0.2) is 0 Å². The summed E-state index contributed by atoms with van der Waals surface area (Å²) >= 11 is 0. The lowest BCUT2D eigenvalue weighted by Crippen LogP contribution is -2.00. The summed E-state index contributed by atoms with van der Waals surface area (Å²) < 4.78 is 5.35. The third kappa shape index (κ3) is 2.20. The summed E-state index contributed by atoms with van der Waals surface area (Å²) in [5.74, 6) is 0.682. The van der Waals surface area contributed by atoms with Gasteiger partial charge < -0.3 is 9.84 Å². The molecular weight excluding hydrogens is 154 g/mol. The second-order valence-electron chi connectivity index (χ2n) is 2.45. The van der Waals surface area contributed by atoms with E-state index in [1.54, 1.807) is 12.3 Å². The Morgan fingerprint density at radius 1 is 1.58 bits per heavy atom. The molecule has 0 unspecified atom stereocenters. The van der Waals surface area contributed by atoms with E-state index in [0.717, 1.165) is 6.42 Å². The van der Waals surface area contributed by atoms with E-state index >= 15 is 0 Å². The van der Waals surface area contributed by atoms with Gasteiger partial charge in [-0.15, -0.1) is 0 Å². The van der Waals surface area contributed by atoms with E-state index in [9.17, 15) is 0 Å². The zero-order chi connectivity index (χ0) is 8.81. The van der Waals surface area contributed by atoms with E-state index in [1.165, 1.54) is 0 Å². The number of ether oxygens (including phenoxy) is 1. The fraction of sp³-hybridized carbons (Fsp3) is 0.444. The minimum absolute atomic E-state index is 0.0696. The van der Waals surface area contributed by atoms with Gasteiger partial charge >= 0.3 is 0 Å². The lowest BCUT2D eigenvalue weighted by atomic mass is 10.3. The third-order valence-electron chi connectivity index (χ3n) is 1.46. The van der Waals surface area contributed by atoms with Gasteiger partial charge in [0.2, 0.25) is 0 Å². The van der Waals surface area contributed by atoms with Crippen molar-refractivity contribution in [3.8, 4) is 5.75 Å². The molecule has 3 heteroatoms. The SMILES string of the molecule is CCCOc1cccnc1CO. The number of nitrogens with zero attached hydrogens (tertiary/aromatic N) is 1. The van der Waals surface area contributed by atoms with Crippen LogP contribution in [0.2, 0.25) is 0 Å². The van der Waals surface area contributed by atoms with Gasteiger partial charge in [0.25, 0.3) is 0 Å². The zero-order valence-corrected chi connectivity index (χ0v) is 7.16. The van der Waals surface area contributed by atoms with Gasteiger partial charge in [-0.1, -0.05) is 6.92 Å². The van der Waals surface area contributed by atoms with Crippen molar-refractivity contribution in [2.75, 3.05) is 6.61 Å². The topological polar surface area (TPSA) is 42.4 Å². The monoisotopic (exact) mass is 167 g/mol. The molecule has 1 aromatic heterocycles. The van der Waals surface area contributed by atoms with Crippen LogP contribution >= 0.6 is 0 Å². The molecule has 1 heterocycles. The second kappa shape index (κ2) is 4.72. The molecule has 0 aliphatic rings. The number of hydrogen-bond acceptors (Lipinski definition) is 3. The number of rotatable bonds is 4. The molecule has 0 aromatic carbocycles. The van der Waals surface area contributed by atoms with Crippen LogP contribution in [-0.4, -0.2) is 16.7 Å². The van der Waals surface area contributed by atoms with Crippen LogP contribution in [0.15, 0.2) is 18.3 Å². The molecule has 12 heavy (non-hydrogen) atoms. The quantitative estimate of drug-likeness (QED) is 0.736. The minimum Gasteiger partial charge on any atom is -0.492 e. The molecule has 1 rings (SSSR count). The minimum atomic E-state index is -0.0696. The van der Waals surface area contributed by atoms with Crippen LogP contribution in [0.3, 0.4) is 0 Å². The van der Waals surface area contributed by atoms with E-state index in [1.807, 2.05) is 13.0 Å². The normalized spacial score (nSPS) is 9.83. The van der Waals surface area contributed by atoms with Crippen molar-refractivity contribution in [3.63, 3.8) is 0 Å². The largest absolute Gasteiger partial charge is 0.492 e. The van der Waals surface area contributed by atoms with Gasteiger partial charge in [-0.25, -0.2) is 0 Å². The van der Waals surface area contributed by atoms with Crippen LogP contribution in [-0.2, 0) is 6.61 Å². The predicted molar refractivity (Wildman–Crippen MR) is 45.9 cm³/mol. The molecule has 0 spiro atoms. The van der Waals surface area contributed by atoms with Gasteiger partial charge in [-0.05, 0) is 18.6 Å². The highest BCUT2D eigenvalue weighted by atomic mass is 16.5. The van der Waals surface area contributed by atoms with E-state index in [0.29, 0.717) is 18.1 Å². The first-order valence-corrected chi connectivity index (χ1v) is 4.06. The molecule has 1 N–H and O–H groups in total. The second-order valence-corrected chi connectivity index (χ2v) is 2.45. The first kappa shape index (κ1) is 9.00. The first-order chi connectivity index (χ1) is 5.88. The van der Waals surface area contributed by atoms with Crippen molar-refractivity contribution >= 4 is 0 Å². The molecule has 1 aromatic rings. The molecule has 0 aliphatic heterocycles. The van der Waals surface area contributed by atoms with Crippen LogP contribution in [0.25, 0.3) is 0 Å². The average Bonchev–Trinajstić information content (AvgIpc) is 2.15. The molecule has 3 nitrogen and oxygen atoms in total. The first-order valence-electron chi connectivity index (χ1n) is 4.06. The molecule has 66 valence electrons. The highest BCUT2D eigenvalue weighted by Gasteiger charge is 2.00. The Balaban J connectivity index is 2.68. The molecule has 0 bridgehead atoms. The maximum absolute atomic E-state index is 8.88. The van der Waals surface area contributed by atoms with Crippen LogP contribution in [0, 0.1) is 0 Å². The Kier molecular flexibility index (Phi) is 3.54. The smallest absolute Gasteiger partial charge is 0.143 e. The van der Waals surface area contributed by atoms with E-state index in [4.69, 9.17) is 9.84 Å². The summed E-state index contributed by atoms with van der Waals surface area (Å²) in [5, 5.41) is 8.88. The van der Waals surface area contributed by atoms with Crippen molar-refractivity contribution in [1.82, 2.24) is 4.98 Å². The summed E-state index contributed by atoms with van der Waals surface area (Å²) in [5.41, 5.74) is 0.603. The summed E-state index contributed by atoms with van der Waals surface area (Å²) in [4.78, 5) is 3.98. The summed E-state index contributed by atoms with van der Waals surface area (Å²) in [7, 11) is 0. The summed E-state index contributed by atoms with van der Waals surface area (Å²) in [6.45, 7) is 2.63. The third-order valence-corrected chi connectivity index (χ3v) is 1.46. The van der Waals surface area contributed by atoms with Crippen LogP contribution in [0.5, 0.6) is 5.75 Å². The van der Waals surface area contributed by atoms with Gasteiger partial charge in [0.1, 0.15) is 11.4 Å². The Bertz CT molecular complexity index is 238. The summed E-state index contributed by atoms with van der Waals surface area (Å²) in [6.07, 6.45) is 2.60. The highest BCUT2D eigenvalue weighted by Crippen LogP contribution is 2.14. The lowest BCUT2D eigenvalue weighted by molar-refractivity contribution is 0.257. The molecule has 0 amide bonds. The fourth-order valence-corrected chi connectivity index (χ4v) is 0.885. The molecule has 0 radical (unpaired) electrons. The molecule has 0 fully saturated rings. The molecule has 0 saturated carbocycles. The molecule has 0 saturated heterocycles. The number of pyridine rings is 1. The number of aliphatic hydroxyl groups excluding tert-OH is 1. The van der Waals surface area contributed by atoms with E-state index < -0.39 is 0 Å². The van der Waals surface area contributed by atoms with Gasteiger partial charge in [-0.3, -0.25) is 4.98 Å². The maximum Gasteiger partial charge on any atom is 0.143 e. The average molecular weight is 167 g/mol. The zero-order valence-electron chi connectivity index (χ0n) is 7.16. The number of hydrogen-bond donors (Lipinski definition) is 1. The fourth-order valence-electron chi connectivity index (χ4n) is 0.885.